The Kier molecular flexibility index (Phi) is 4.42. The topological polar surface area (TPSA) is 34.1 Å². The number of anilines is 1. The maximum atomic E-state index is 5.99. The van der Waals surface area contributed by atoms with Gasteiger partial charge in [0.2, 0.25) is 0 Å². The number of nitrogens with zero attached hydrogens (tertiary/aromatic N) is 1. The molecule has 1 N–H and O–H groups in total. The highest BCUT2D eigenvalue weighted by Crippen LogP contribution is 2.22. The number of benzene rings is 1. The number of hydrogen-bond acceptors (Lipinski definition) is 3. The third-order valence-electron chi connectivity index (χ3n) is 2.50. The molecule has 94 valence electrons. The Labute approximate surface area is 112 Å². The molecule has 2 rings (SSSR count). The molecule has 0 fully saturated rings. The molecule has 0 unspecified atom stereocenters. The Bertz CT molecular complexity index is 517. The van der Waals surface area contributed by atoms with Gasteiger partial charge in [0.25, 0.3) is 0 Å². The van der Waals surface area contributed by atoms with Crippen LogP contribution in [-0.2, 0) is 6.54 Å². The second-order valence-corrected chi connectivity index (χ2v) is 4.09. The van der Waals surface area contributed by atoms with Crippen molar-refractivity contribution in [2.45, 2.75) is 13.5 Å². The summed E-state index contributed by atoms with van der Waals surface area (Å²) in [6, 6.07) is 11.7. The zero-order valence-corrected chi connectivity index (χ0v) is 10.9. The second-order valence-electron chi connectivity index (χ2n) is 3.74. The summed E-state index contributed by atoms with van der Waals surface area (Å²) in [4.78, 5) is 4.02. The molecule has 0 aliphatic carbocycles. The summed E-state index contributed by atoms with van der Waals surface area (Å²) in [5.41, 5.74) is 1.92. The summed E-state index contributed by atoms with van der Waals surface area (Å²) in [7, 11) is 0. The van der Waals surface area contributed by atoms with E-state index in [9.17, 15) is 0 Å². The van der Waals surface area contributed by atoms with Crippen molar-refractivity contribution in [3.63, 3.8) is 0 Å². The lowest BCUT2D eigenvalue weighted by Gasteiger charge is -2.12. The van der Waals surface area contributed by atoms with Gasteiger partial charge in [0, 0.05) is 18.3 Å². The smallest absolute Gasteiger partial charge is 0.152 e. The van der Waals surface area contributed by atoms with Gasteiger partial charge in [-0.2, -0.15) is 0 Å². The van der Waals surface area contributed by atoms with Crippen LogP contribution in [0.15, 0.2) is 42.6 Å². The van der Waals surface area contributed by atoms with Crippen molar-refractivity contribution in [2.24, 2.45) is 0 Å². The van der Waals surface area contributed by atoms with Crippen molar-refractivity contribution in [2.75, 3.05) is 11.9 Å². The van der Waals surface area contributed by atoms with Crippen LogP contribution in [0.25, 0.3) is 0 Å². The van der Waals surface area contributed by atoms with Gasteiger partial charge in [0.1, 0.15) is 5.75 Å². The van der Waals surface area contributed by atoms with Crippen LogP contribution in [-0.4, -0.2) is 11.6 Å². The lowest BCUT2D eigenvalue weighted by atomic mass is 10.2. The summed E-state index contributed by atoms with van der Waals surface area (Å²) in [6.45, 7) is 3.29. The van der Waals surface area contributed by atoms with Crippen molar-refractivity contribution in [1.29, 1.82) is 0 Å². The Morgan fingerprint density at radius 2 is 2.06 bits per heavy atom. The standard InChI is InChI=1S/C14H15ClN2O/c1-2-18-13-8-4-3-6-11(13)10-17-12-7-5-9-16-14(12)15/h3-9,17H,2,10H2,1H3. The average molecular weight is 263 g/mol. The average Bonchev–Trinajstić information content (AvgIpc) is 2.40. The van der Waals surface area contributed by atoms with E-state index in [0.717, 1.165) is 17.0 Å². The van der Waals surface area contributed by atoms with E-state index in [-0.39, 0.29) is 0 Å². The van der Waals surface area contributed by atoms with Gasteiger partial charge in [-0.1, -0.05) is 29.8 Å². The van der Waals surface area contributed by atoms with Crippen molar-refractivity contribution >= 4 is 17.3 Å². The van der Waals surface area contributed by atoms with E-state index >= 15 is 0 Å². The van der Waals surface area contributed by atoms with E-state index in [1.807, 2.05) is 43.3 Å². The van der Waals surface area contributed by atoms with Gasteiger partial charge in [0.15, 0.2) is 5.15 Å². The molecule has 0 aliphatic rings. The third-order valence-corrected chi connectivity index (χ3v) is 2.80. The number of rotatable bonds is 5. The molecule has 1 aromatic carbocycles. The fourth-order valence-electron chi connectivity index (χ4n) is 1.65. The van der Waals surface area contributed by atoms with Gasteiger partial charge >= 0.3 is 0 Å². The minimum absolute atomic E-state index is 0.478. The monoisotopic (exact) mass is 262 g/mol. The summed E-state index contributed by atoms with van der Waals surface area (Å²) in [5.74, 6) is 0.896. The first-order chi connectivity index (χ1) is 8.81. The van der Waals surface area contributed by atoms with Crippen molar-refractivity contribution in [3.05, 3.63) is 53.3 Å². The fraction of sp³-hybridized carbons (Fsp3) is 0.214. The number of aromatic nitrogens is 1. The maximum Gasteiger partial charge on any atom is 0.152 e. The van der Waals surface area contributed by atoms with E-state index < -0.39 is 0 Å². The number of para-hydroxylation sites is 1. The number of halogens is 1. The van der Waals surface area contributed by atoms with E-state index in [2.05, 4.69) is 10.3 Å². The Morgan fingerprint density at radius 1 is 1.22 bits per heavy atom. The molecular formula is C14H15ClN2O. The van der Waals surface area contributed by atoms with Crippen molar-refractivity contribution in [3.8, 4) is 5.75 Å². The molecule has 3 nitrogen and oxygen atoms in total. The van der Waals surface area contributed by atoms with Crippen molar-refractivity contribution < 1.29 is 4.74 Å². The molecule has 0 aliphatic heterocycles. The molecule has 0 radical (unpaired) electrons. The van der Waals surface area contributed by atoms with E-state index in [4.69, 9.17) is 16.3 Å². The second kappa shape index (κ2) is 6.26. The van der Waals surface area contributed by atoms with Crippen LogP contribution in [0.5, 0.6) is 5.75 Å². The van der Waals surface area contributed by atoms with Gasteiger partial charge < -0.3 is 10.1 Å². The first-order valence-electron chi connectivity index (χ1n) is 5.86. The van der Waals surface area contributed by atoms with Gasteiger partial charge in [-0.15, -0.1) is 0 Å². The summed E-state index contributed by atoms with van der Waals surface area (Å²) >= 11 is 5.99. The normalized spacial score (nSPS) is 10.1. The number of ether oxygens (including phenoxy) is 1. The summed E-state index contributed by atoms with van der Waals surface area (Å²) in [6.07, 6.45) is 1.67. The molecule has 0 atom stereocenters. The van der Waals surface area contributed by atoms with Crippen LogP contribution in [0, 0.1) is 0 Å². The van der Waals surface area contributed by atoms with E-state index in [1.54, 1.807) is 6.20 Å². The molecule has 2 aromatic rings. The first kappa shape index (κ1) is 12.7. The molecule has 18 heavy (non-hydrogen) atoms. The molecule has 4 heteroatoms. The number of pyridine rings is 1. The van der Waals surface area contributed by atoms with Crippen LogP contribution in [0.3, 0.4) is 0 Å². The molecule has 0 amide bonds. The number of nitrogens with one attached hydrogen (secondary N) is 1. The van der Waals surface area contributed by atoms with Gasteiger partial charge in [-0.25, -0.2) is 4.98 Å². The Hall–Kier alpha value is -1.74. The first-order valence-corrected chi connectivity index (χ1v) is 6.24. The fourth-order valence-corrected chi connectivity index (χ4v) is 1.84. The van der Waals surface area contributed by atoms with Crippen LogP contribution < -0.4 is 10.1 Å². The summed E-state index contributed by atoms with van der Waals surface area (Å²) < 4.78 is 5.57. The maximum absolute atomic E-state index is 5.99. The van der Waals surface area contributed by atoms with Crippen LogP contribution in [0.4, 0.5) is 5.69 Å². The highest BCUT2D eigenvalue weighted by Gasteiger charge is 2.04. The quantitative estimate of drug-likeness (QED) is 0.834. The molecule has 0 spiro atoms. The Balaban J connectivity index is 2.08. The van der Waals surface area contributed by atoms with Gasteiger partial charge in [-0.3, -0.25) is 0 Å². The van der Waals surface area contributed by atoms with Crippen LogP contribution in [0.1, 0.15) is 12.5 Å². The van der Waals surface area contributed by atoms with Gasteiger partial charge in [0.05, 0.1) is 12.3 Å². The Morgan fingerprint density at radius 3 is 2.83 bits per heavy atom. The van der Waals surface area contributed by atoms with E-state index in [1.165, 1.54) is 0 Å². The summed E-state index contributed by atoms with van der Waals surface area (Å²) in [5, 5.41) is 3.73. The third kappa shape index (κ3) is 3.14. The molecule has 0 saturated heterocycles. The zero-order chi connectivity index (χ0) is 12.8. The molecule has 1 aromatic heterocycles. The van der Waals surface area contributed by atoms with Crippen LogP contribution >= 0.6 is 11.6 Å². The van der Waals surface area contributed by atoms with E-state index in [0.29, 0.717) is 18.3 Å². The molecular weight excluding hydrogens is 248 g/mol. The highest BCUT2D eigenvalue weighted by atomic mass is 35.5. The highest BCUT2D eigenvalue weighted by molar-refractivity contribution is 6.31. The SMILES string of the molecule is CCOc1ccccc1CNc1cccnc1Cl. The minimum Gasteiger partial charge on any atom is -0.494 e. The lowest BCUT2D eigenvalue weighted by Crippen LogP contribution is -2.03. The number of hydrogen-bond donors (Lipinski definition) is 1. The largest absolute Gasteiger partial charge is 0.494 e. The van der Waals surface area contributed by atoms with Crippen molar-refractivity contribution in [1.82, 2.24) is 4.98 Å². The molecule has 1 heterocycles. The van der Waals surface area contributed by atoms with Gasteiger partial charge in [-0.05, 0) is 25.1 Å². The van der Waals surface area contributed by atoms with Crippen LogP contribution in [0.2, 0.25) is 5.15 Å². The molecule has 0 bridgehead atoms. The predicted octanol–water partition coefficient (Wildman–Crippen LogP) is 3.75. The minimum atomic E-state index is 0.478. The molecule has 0 saturated carbocycles. The zero-order valence-electron chi connectivity index (χ0n) is 10.2. The predicted molar refractivity (Wildman–Crippen MR) is 74.2 cm³/mol. The lowest BCUT2D eigenvalue weighted by molar-refractivity contribution is 0.337.